The molecule has 1 fully saturated rings. The van der Waals surface area contributed by atoms with E-state index in [1.54, 1.807) is 19.1 Å². The predicted octanol–water partition coefficient (Wildman–Crippen LogP) is 4.89. The van der Waals surface area contributed by atoms with Crippen molar-refractivity contribution in [2.75, 3.05) is 7.05 Å². The van der Waals surface area contributed by atoms with E-state index in [4.69, 9.17) is 0 Å². The van der Waals surface area contributed by atoms with Crippen molar-refractivity contribution >= 4 is 0 Å². The summed E-state index contributed by atoms with van der Waals surface area (Å²) in [6, 6.07) is 3.31. The minimum Gasteiger partial charge on any atom is -0.313 e. The van der Waals surface area contributed by atoms with Crippen LogP contribution in [-0.4, -0.2) is 7.05 Å². The molecule has 0 aromatic heterocycles. The van der Waals surface area contributed by atoms with Crippen molar-refractivity contribution in [3.8, 4) is 0 Å². The smallest absolute Gasteiger partial charge is 0.163 e. The van der Waals surface area contributed by atoms with E-state index in [9.17, 15) is 8.78 Å². The zero-order valence-electron chi connectivity index (χ0n) is 12.5. The molecule has 0 radical (unpaired) electrons. The standard InChI is InChI=1S/C17H25F2N/c1-12-9-10-14(17(19)16(12)18)15(20-2)11-13-7-5-3-4-6-8-13/h9-10,13,15,20H,3-8,11H2,1-2H3. The van der Waals surface area contributed by atoms with Gasteiger partial charge in [-0.05, 0) is 31.9 Å². The van der Waals surface area contributed by atoms with Gasteiger partial charge in [-0.3, -0.25) is 0 Å². The van der Waals surface area contributed by atoms with Crippen molar-refractivity contribution in [3.63, 3.8) is 0 Å². The van der Waals surface area contributed by atoms with Gasteiger partial charge in [0.05, 0.1) is 0 Å². The van der Waals surface area contributed by atoms with Crippen molar-refractivity contribution in [3.05, 3.63) is 34.9 Å². The molecule has 1 aliphatic carbocycles. The number of nitrogens with one attached hydrogen (secondary N) is 1. The highest BCUT2D eigenvalue weighted by molar-refractivity contribution is 5.28. The first kappa shape index (κ1) is 15.4. The minimum atomic E-state index is -0.705. The van der Waals surface area contributed by atoms with Gasteiger partial charge in [-0.2, -0.15) is 0 Å². The van der Waals surface area contributed by atoms with Gasteiger partial charge in [0.2, 0.25) is 0 Å². The summed E-state index contributed by atoms with van der Waals surface area (Å²) >= 11 is 0. The first-order valence-corrected chi connectivity index (χ1v) is 7.75. The summed E-state index contributed by atoms with van der Waals surface area (Å²) in [5.41, 5.74) is 0.843. The van der Waals surface area contributed by atoms with Crippen LogP contribution in [0.4, 0.5) is 8.78 Å². The lowest BCUT2D eigenvalue weighted by Crippen LogP contribution is -2.21. The van der Waals surface area contributed by atoms with Gasteiger partial charge in [0, 0.05) is 11.6 Å². The van der Waals surface area contributed by atoms with E-state index in [0.717, 1.165) is 6.42 Å². The van der Waals surface area contributed by atoms with E-state index in [2.05, 4.69) is 5.32 Å². The van der Waals surface area contributed by atoms with Crippen LogP contribution in [0.2, 0.25) is 0 Å². The molecular formula is C17H25F2N. The Morgan fingerprint density at radius 2 is 1.75 bits per heavy atom. The van der Waals surface area contributed by atoms with Crippen LogP contribution >= 0.6 is 0 Å². The van der Waals surface area contributed by atoms with Gasteiger partial charge in [0.25, 0.3) is 0 Å². The fourth-order valence-electron chi connectivity index (χ4n) is 3.26. The fraction of sp³-hybridized carbons (Fsp3) is 0.647. The molecule has 0 saturated heterocycles. The molecule has 2 rings (SSSR count). The summed E-state index contributed by atoms with van der Waals surface area (Å²) in [5.74, 6) is -0.764. The van der Waals surface area contributed by atoms with Crippen LogP contribution in [0.1, 0.15) is 62.1 Å². The maximum absolute atomic E-state index is 14.1. The number of hydrogen-bond donors (Lipinski definition) is 1. The Morgan fingerprint density at radius 3 is 2.35 bits per heavy atom. The SMILES string of the molecule is CNC(CC1CCCCCC1)c1ccc(C)c(F)c1F. The van der Waals surface area contributed by atoms with E-state index in [-0.39, 0.29) is 6.04 Å². The molecule has 0 bridgehead atoms. The minimum absolute atomic E-state index is 0.0896. The molecule has 1 N–H and O–H groups in total. The highest BCUT2D eigenvalue weighted by atomic mass is 19.2. The Kier molecular flexibility index (Phi) is 5.53. The maximum Gasteiger partial charge on any atom is 0.163 e. The topological polar surface area (TPSA) is 12.0 Å². The Labute approximate surface area is 120 Å². The fourth-order valence-corrected chi connectivity index (χ4v) is 3.26. The summed E-state index contributed by atoms with van der Waals surface area (Å²) in [6.07, 6.45) is 8.50. The zero-order valence-corrected chi connectivity index (χ0v) is 12.5. The van der Waals surface area contributed by atoms with E-state index in [0.29, 0.717) is 17.0 Å². The van der Waals surface area contributed by atoms with E-state index in [1.165, 1.54) is 38.5 Å². The highest BCUT2D eigenvalue weighted by Crippen LogP contribution is 2.32. The van der Waals surface area contributed by atoms with Gasteiger partial charge in [-0.15, -0.1) is 0 Å². The normalized spacial score (nSPS) is 18.8. The van der Waals surface area contributed by atoms with Crippen molar-refractivity contribution in [2.24, 2.45) is 5.92 Å². The van der Waals surface area contributed by atoms with E-state index in [1.807, 2.05) is 7.05 Å². The number of rotatable bonds is 4. The molecule has 20 heavy (non-hydrogen) atoms. The molecule has 1 atom stereocenters. The summed E-state index contributed by atoms with van der Waals surface area (Å²) in [6.45, 7) is 1.60. The highest BCUT2D eigenvalue weighted by Gasteiger charge is 2.22. The van der Waals surface area contributed by atoms with Crippen molar-refractivity contribution in [1.82, 2.24) is 5.32 Å². The van der Waals surface area contributed by atoms with Crippen molar-refractivity contribution < 1.29 is 8.78 Å². The second kappa shape index (κ2) is 7.16. The van der Waals surface area contributed by atoms with Gasteiger partial charge in [0.15, 0.2) is 11.6 Å². The molecule has 0 aliphatic heterocycles. The molecule has 112 valence electrons. The lowest BCUT2D eigenvalue weighted by molar-refractivity contribution is 0.358. The molecule has 0 heterocycles. The first-order valence-electron chi connectivity index (χ1n) is 7.75. The van der Waals surface area contributed by atoms with Crippen LogP contribution < -0.4 is 5.32 Å². The Morgan fingerprint density at radius 1 is 1.10 bits per heavy atom. The second-order valence-corrected chi connectivity index (χ2v) is 6.03. The number of hydrogen-bond acceptors (Lipinski definition) is 1. The number of aryl methyl sites for hydroxylation is 1. The third kappa shape index (κ3) is 3.57. The van der Waals surface area contributed by atoms with E-state index >= 15 is 0 Å². The van der Waals surface area contributed by atoms with Crippen molar-refractivity contribution in [2.45, 2.75) is 57.9 Å². The van der Waals surface area contributed by atoms with Gasteiger partial charge >= 0.3 is 0 Å². The zero-order chi connectivity index (χ0) is 14.5. The predicted molar refractivity (Wildman–Crippen MR) is 78.7 cm³/mol. The third-order valence-electron chi connectivity index (χ3n) is 4.57. The van der Waals surface area contributed by atoms with Gasteiger partial charge in [0.1, 0.15) is 0 Å². The second-order valence-electron chi connectivity index (χ2n) is 6.03. The third-order valence-corrected chi connectivity index (χ3v) is 4.57. The van der Waals surface area contributed by atoms with Gasteiger partial charge in [-0.1, -0.05) is 50.7 Å². The average molecular weight is 281 g/mol. The first-order chi connectivity index (χ1) is 9.63. The monoisotopic (exact) mass is 281 g/mol. The van der Waals surface area contributed by atoms with Crippen LogP contribution in [0.3, 0.4) is 0 Å². The largest absolute Gasteiger partial charge is 0.313 e. The van der Waals surface area contributed by atoms with Crippen molar-refractivity contribution in [1.29, 1.82) is 0 Å². The average Bonchev–Trinajstić information content (AvgIpc) is 2.71. The molecule has 1 aliphatic rings. The van der Waals surface area contributed by atoms with E-state index < -0.39 is 11.6 Å². The van der Waals surface area contributed by atoms with Crippen LogP contribution in [0.5, 0.6) is 0 Å². The summed E-state index contributed by atoms with van der Waals surface area (Å²) in [7, 11) is 1.83. The molecule has 0 spiro atoms. The van der Waals surface area contributed by atoms with Crippen LogP contribution in [0.15, 0.2) is 12.1 Å². The molecule has 0 amide bonds. The molecule has 1 aromatic rings. The van der Waals surface area contributed by atoms with Crippen LogP contribution in [-0.2, 0) is 0 Å². The maximum atomic E-state index is 14.1. The Bertz CT molecular complexity index is 437. The Hall–Kier alpha value is -0.960. The molecule has 1 aromatic carbocycles. The van der Waals surface area contributed by atoms with Crippen LogP contribution in [0, 0.1) is 24.5 Å². The Balaban J connectivity index is 2.13. The molecule has 3 heteroatoms. The molecule has 1 saturated carbocycles. The van der Waals surface area contributed by atoms with Gasteiger partial charge < -0.3 is 5.32 Å². The summed E-state index contributed by atoms with van der Waals surface area (Å²) < 4.78 is 27.8. The molecule has 1 unspecified atom stereocenters. The molecular weight excluding hydrogens is 256 g/mol. The quantitative estimate of drug-likeness (QED) is 0.774. The lowest BCUT2D eigenvalue weighted by atomic mass is 9.89. The van der Waals surface area contributed by atoms with Gasteiger partial charge in [-0.25, -0.2) is 8.78 Å². The lowest BCUT2D eigenvalue weighted by Gasteiger charge is -2.23. The summed E-state index contributed by atoms with van der Waals surface area (Å²) in [5, 5.41) is 3.17. The number of benzene rings is 1. The number of halogens is 2. The molecule has 1 nitrogen and oxygen atoms in total. The van der Waals surface area contributed by atoms with Crippen LogP contribution in [0.25, 0.3) is 0 Å². The summed E-state index contributed by atoms with van der Waals surface area (Å²) in [4.78, 5) is 0.